The summed E-state index contributed by atoms with van der Waals surface area (Å²) in [6, 6.07) is 6.87. The third kappa shape index (κ3) is 4.27. The third-order valence-corrected chi connectivity index (χ3v) is 3.59. The molecule has 1 saturated heterocycles. The van der Waals surface area contributed by atoms with Crippen LogP contribution in [-0.4, -0.2) is 30.3 Å². The first-order valence-electron chi connectivity index (χ1n) is 7.28. The van der Waals surface area contributed by atoms with Crippen molar-refractivity contribution < 1.29 is 9.47 Å². The highest BCUT2D eigenvalue weighted by Crippen LogP contribution is 2.19. The van der Waals surface area contributed by atoms with Gasteiger partial charge < -0.3 is 14.8 Å². The third-order valence-electron chi connectivity index (χ3n) is 3.59. The average Bonchev–Trinajstić information content (AvgIpc) is 3.13. The zero-order valence-corrected chi connectivity index (χ0v) is 11.3. The number of hydrogen-bond donors (Lipinski definition) is 1. The molecule has 0 bridgehead atoms. The van der Waals surface area contributed by atoms with Crippen LogP contribution in [0.25, 0.3) is 0 Å². The van der Waals surface area contributed by atoms with Gasteiger partial charge >= 0.3 is 0 Å². The summed E-state index contributed by atoms with van der Waals surface area (Å²) in [6.45, 7) is 3.02. The molecule has 4 nitrogen and oxygen atoms in total. The molecule has 0 amide bonds. The van der Waals surface area contributed by atoms with Gasteiger partial charge in [-0.1, -0.05) is 6.07 Å². The highest BCUT2D eigenvalue weighted by atomic mass is 16.5. The Balaban J connectivity index is 1.42. The molecule has 1 N–H and O–H groups in total. The van der Waals surface area contributed by atoms with Crippen LogP contribution in [-0.2, 0) is 22.6 Å². The van der Waals surface area contributed by atoms with Gasteiger partial charge in [-0.25, -0.2) is 0 Å². The zero-order chi connectivity index (χ0) is 12.9. The number of nitrogens with one attached hydrogen (secondary N) is 1. The van der Waals surface area contributed by atoms with E-state index in [9.17, 15) is 0 Å². The predicted molar refractivity (Wildman–Crippen MR) is 72.7 cm³/mol. The summed E-state index contributed by atoms with van der Waals surface area (Å²) in [6.07, 6.45) is 5.20. The molecule has 1 atom stereocenters. The normalized spacial score (nSPS) is 22.8. The number of hydrogen-bond acceptors (Lipinski definition) is 4. The van der Waals surface area contributed by atoms with E-state index in [2.05, 4.69) is 22.4 Å². The van der Waals surface area contributed by atoms with Crippen LogP contribution in [0.1, 0.15) is 37.1 Å². The van der Waals surface area contributed by atoms with Crippen molar-refractivity contribution in [2.45, 2.75) is 51.0 Å². The first kappa shape index (κ1) is 13.0. The number of aromatic nitrogens is 1. The van der Waals surface area contributed by atoms with E-state index in [1.54, 1.807) is 0 Å². The van der Waals surface area contributed by atoms with Gasteiger partial charge in [-0.15, -0.1) is 0 Å². The minimum atomic E-state index is 0.291. The van der Waals surface area contributed by atoms with Crippen LogP contribution >= 0.6 is 0 Å². The summed E-state index contributed by atoms with van der Waals surface area (Å²) in [5.41, 5.74) is 2.11. The zero-order valence-electron chi connectivity index (χ0n) is 11.3. The van der Waals surface area contributed by atoms with Crippen LogP contribution in [0, 0.1) is 0 Å². The Labute approximate surface area is 114 Å². The largest absolute Gasteiger partial charge is 0.376 e. The SMILES string of the molecule is c1cc(CNC2CC2)nc(COCC2CCCO2)c1. The van der Waals surface area contributed by atoms with Gasteiger partial charge in [0.2, 0.25) is 0 Å². The monoisotopic (exact) mass is 262 g/mol. The number of ether oxygens (including phenoxy) is 2. The fourth-order valence-corrected chi connectivity index (χ4v) is 2.32. The molecular formula is C15H22N2O2. The Morgan fingerprint density at radius 1 is 1.26 bits per heavy atom. The van der Waals surface area contributed by atoms with Crippen molar-refractivity contribution in [2.75, 3.05) is 13.2 Å². The molecule has 104 valence electrons. The maximum Gasteiger partial charge on any atom is 0.0889 e. The van der Waals surface area contributed by atoms with Crippen molar-refractivity contribution in [2.24, 2.45) is 0 Å². The molecule has 0 radical (unpaired) electrons. The van der Waals surface area contributed by atoms with E-state index in [-0.39, 0.29) is 0 Å². The van der Waals surface area contributed by atoms with Crippen molar-refractivity contribution >= 4 is 0 Å². The first-order valence-corrected chi connectivity index (χ1v) is 7.28. The van der Waals surface area contributed by atoms with E-state index in [0.29, 0.717) is 19.3 Å². The lowest BCUT2D eigenvalue weighted by Gasteiger charge is -2.10. The predicted octanol–water partition coefficient (Wildman–Crippen LogP) is 2.03. The van der Waals surface area contributed by atoms with Crippen molar-refractivity contribution in [3.63, 3.8) is 0 Å². The Kier molecular flexibility index (Phi) is 4.43. The minimum Gasteiger partial charge on any atom is -0.376 e. The van der Waals surface area contributed by atoms with Gasteiger partial charge in [0.05, 0.1) is 30.7 Å². The van der Waals surface area contributed by atoms with Crippen molar-refractivity contribution in [3.05, 3.63) is 29.6 Å². The smallest absolute Gasteiger partial charge is 0.0889 e. The maximum atomic E-state index is 5.69. The van der Waals surface area contributed by atoms with E-state index in [4.69, 9.17) is 9.47 Å². The second-order valence-corrected chi connectivity index (χ2v) is 5.43. The van der Waals surface area contributed by atoms with Crippen molar-refractivity contribution in [1.29, 1.82) is 0 Å². The van der Waals surface area contributed by atoms with E-state index in [1.165, 1.54) is 12.8 Å². The molecule has 2 fully saturated rings. The van der Waals surface area contributed by atoms with Crippen LogP contribution < -0.4 is 5.32 Å². The quantitative estimate of drug-likeness (QED) is 0.816. The van der Waals surface area contributed by atoms with Crippen LogP contribution in [0.2, 0.25) is 0 Å². The van der Waals surface area contributed by atoms with Crippen molar-refractivity contribution in [1.82, 2.24) is 10.3 Å². The maximum absolute atomic E-state index is 5.69. The van der Waals surface area contributed by atoms with Gasteiger partial charge in [-0.2, -0.15) is 0 Å². The average molecular weight is 262 g/mol. The molecule has 0 spiro atoms. The van der Waals surface area contributed by atoms with Crippen LogP contribution in [0.4, 0.5) is 0 Å². The van der Waals surface area contributed by atoms with E-state index < -0.39 is 0 Å². The summed E-state index contributed by atoms with van der Waals surface area (Å²) in [5.74, 6) is 0. The van der Waals surface area contributed by atoms with Gasteiger partial charge in [0.25, 0.3) is 0 Å². The second kappa shape index (κ2) is 6.46. The van der Waals surface area contributed by atoms with E-state index in [1.807, 2.05) is 6.07 Å². The highest BCUT2D eigenvalue weighted by Gasteiger charge is 2.20. The van der Waals surface area contributed by atoms with Gasteiger partial charge in [-0.05, 0) is 37.8 Å². The van der Waals surface area contributed by atoms with Gasteiger partial charge in [0.1, 0.15) is 0 Å². The van der Waals surface area contributed by atoms with Gasteiger partial charge in [-0.3, -0.25) is 4.98 Å². The van der Waals surface area contributed by atoms with Crippen molar-refractivity contribution in [3.8, 4) is 0 Å². The van der Waals surface area contributed by atoms with Gasteiger partial charge in [0.15, 0.2) is 0 Å². The molecule has 1 unspecified atom stereocenters. The molecule has 3 rings (SSSR count). The molecule has 1 saturated carbocycles. The first-order chi connectivity index (χ1) is 9.40. The number of pyridine rings is 1. The highest BCUT2D eigenvalue weighted by molar-refractivity contribution is 5.11. The molecule has 19 heavy (non-hydrogen) atoms. The molecule has 1 aliphatic heterocycles. The minimum absolute atomic E-state index is 0.291. The topological polar surface area (TPSA) is 43.4 Å². The molecule has 1 aromatic rings. The lowest BCUT2D eigenvalue weighted by molar-refractivity contribution is 0.00961. The Morgan fingerprint density at radius 2 is 2.16 bits per heavy atom. The fraction of sp³-hybridized carbons (Fsp3) is 0.667. The molecule has 2 aliphatic rings. The standard InChI is InChI=1S/C15H22N2O2/c1-3-13(9-16-12-6-7-12)17-14(4-1)10-18-11-15-5-2-8-19-15/h1,3-4,12,15-16H,2,5-11H2. The molecule has 4 heteroatoms. The van der Waals surface area contributed by atoms with E-state index in [0.717, 1.165) is 43.4 Å². The Bertz CT molecular complexity index is 401. The Hall–Kier alpha value is -0.970. The van der Waals surface area contributed by atoms with Crippen LogP contribution in [0.5, 0.6) is 0 Å². The summed E-state index contributed by atoms with van der Waals surface area (Å²) in [7, 11) is 0. The summed E-state index contributed by atoms with van der Waals surface area (Å²) in [5, 5.41) is 3.48. The fourth-order valence-electron chi connectivity index (χ4n) is 2.32. The lowest BCUT2D eigenvalue weighted by Crippen LogP contribution is -2.17. The molecule has 1 aliphatic carbocycles. The lowest BCUT2D eigenvalue weighted by atomic mass is 10.2. The van der Waals surface area contributed by atoms with Crippen LogP contribution in [0.3, 0.4) is 0 Å². The molecular weight excluding hydrogens is 240 g/mol. The molecule has 2 heterocycles. The Morgan fingerprint density at radius 3 is 2.95 bits per heavy atom. The van der Waals surface area contributed by atoms with E-state index >= 15 is 0 Å². The number of nitrogens with zero attached hydrogens (tertiary/aromatic N) is 1. The second-order valence-electron chi connectivity index (χ2n) is 5.43. The van der Waals surface area contributed by atoms with Crippen LogP contribution in [0.15, 0.2) is 18.2 Å². The molecule has 1 aromatic heterocycles. The summed E-state index contributed by atoms with van der Waals surface area (Å²) < 4.78 is 11.2. The van der Waals surface area contributed by atoms with Gasteiger partial charge in [0, 0.05) is 19.2 Å². The number of rotatable bonds is 7. The summed E-state index contributed by atoms with van der Waals surface area (Å²) in [4.78, 5) is 4.61. The summed E-state index contributed by atoms with van der Waals surface area (Å²) >= 11 is 0. The molecule has 0 aromatic carbocycles.